The monoisotopic (exact) mass is 338 g/mol. The van der Waals surface area contributed by atoms with Crippen molar-refractivity contribution in [1.29, 1.82) is 0 Å². The highest BCUT2D eigenvalue weighted by Gasteiger charge is 2.19. The molecule has 8 N–H and O–H groups in total. The summed E-state index contributed by atoms with van der Waals surface area (Å²) in [5.74, 6) is -4.83. The van der Waals surface area contributed by atoms with Crippen LogP contribution in [0.3, 0.4) is 0 Å². The van der Waals surface area contributed by atoms with Crippen LogP contribution in [0, 0.1) is 0 Å². The van der Waals surface area contributed by atoms with Gasteiger partial charge in [-0.1, -0.05) is 0 Å². The Labute approximate surface area is 113 Å². The highest BCUT2D eigenvalue weighted by molar-refractivity contribution is 7.86. The minimum Gasteiger partial charge on any atom is -0.480 e. The third-order valence-electron chi connectivity index (χ3n) is 1.41. The molecule has 0 amide bonds. The summed E-state index contributed by atoms with van der Waals surface area (Å²) < 4.78 is 56.0. The molecule has 0 bridgehead atoms. The maximum Gasteiger partial charge on any atom is 0.321 e. The van der Waals surface area contributed by atoms with Gasteiger partial charge in [0.1, 0.15) is 23.6 Å². The molecule has 0 fully saturated rings. The number of carboxylic acid groups (broad SMARTS) is 2. The SMILES string of the molecule is N[C@@H](CS(=O)(=O)O)C(=O)O.N[C@@H](CS(=O)(=O)O)C(=O)O. The quantitative estimate of drug-likeness (QED) is 0.259. The first kappa shape index (κ1) is 21.0. The molecule has 2 atom stereocenters. The third-order valence-corrected chi connectivity index (χ3v) is 2.98. The normalized spacial score (nSPS) is 14.6. The first-order chi connectivity index (χ1) is 8.65. The molecule has 0 aromatic carbocycles. The van der Waals surface area contributed by atoms with E-state index in [1.807, 2.05) is 0 Å². The largest absolute Gasteiger partial charge is 0.480 e. The van der Waals surface area contributed by atoms with E-state index in [4.69, 9.17) is 30.8 Å². The number of rotatable bonds is 6. The Balaban J connectivity index is 0. The molecule has 0 aliphatic carbocycles. The predicted octanol–water partition coefficient (Wildman–Crippen LogP) is -3.43. The fourth-order valence-electron chi connectivity index (χ4n) is 0.596. The second-order valence-electron chi connectivity index (χ2n) is 3.39. The van der Waals surface area contributed by atoms with E-state index >= 15 is 0 Å². The van der Waals surface area contributed by atoms with Crippen LogP contribution in [0.4, 0.5) is 0 Å². The minimum absolute atomic E-state index is 0.956. The van der Waals surface area contributed by atoms with Crippen LogP contribution in [0.15, 0.2) is 0 Å². The van der Waals surface area contributed by atoms with E-state index in [0.717, 1.165) is 0 Å². The molecule has 120 valence electrons. The van der Waals surface area contributed by atoms with Crippen LogP contribution in [0.5, 0.6) is 0 Å². The smallest absolute Gasteiger partial charge is 0.321 e. The van der Waals surface area contributed by atoms with Gasteiger partial charge in [0.25, 0.3) is 20.2 Å². The zero-order valence-electron chi connectivity index (χ0n) is 9.78. The molecule has 20 heavy (non-hydrogen) atoms. The van der Waals surface area contributed by atoms with E-state index in [1.165, 1.54) is 0 Å². The predicted molar refractivity (Wildman–Crippen MR) is 64.1 cm³/mol. The van der Waals surface area contributed by atoms with Crippen molar-refractivity contribution >= 4 is 32.2 Å². The molecule has 0 spiro atoms. The number of hydrogen-bond acceptors (Lipinski definition) is 8. The summed E-state index contributed by atoms with van der Waals surface area (Å²) in [6, 6.07) is -3.12. The molecule has 14 heteroatoms. The Morgan fingerprint density at radius 1 is 0.800 bits per heavy atom. The molecule has 0 radical (unpaired) electrons. The number of aliphatic carboxylic acids is 2. The van der Waals surface area contributed by atoms with Gasteiger partial charge in [0.2, 0.25) is 0 Å². The van der Waals surface area contributed by atoms with E-state index < -0.39 is 55.8 Å². The molecule has 0 aromatic rings. The summed E-state index contributed by atoms with van der Waals surface area (Å²) in [6.07, 6.45) is 0. The lowest BCUT2D eigenvalue weighted by Gasteiger charge is -2.01. The fourth-order valence-corrected chi connectivity index (χ4v) is 1.79. The van der Waals surface area contributed by atoms with Crippen LogP contribution in [0.2, 0.25) is 0 Å². The van der Waals surface area contributed by atoms with Crippen molar-refractivity contribution in [2.75, 3.05) is 11.5 Å². The van der Waals surface area contributed by atoms with Gasteiger partial charge in [-0.2, -0.15) is 16.8 Å². The Hall–Kier alpha value is -1.32. The average molecular weight is 338 g/mol. The fraction of sp³-hybridized carbons (Fsp3) is 0.667. The van der Waals surface area contributed by atoms with Crippen LogP contribution in [0.25, 0.3) is 0 Å². The summed E-state index contributed by atoms with van der Waals surface area (Å²) >= 11 is 0. The van der Waals surface area contributed by atoms with Gasteiger partial charge in [-0.15, -0.1) is 0 Å². The highest BCUT2D eigenvalue weighted by Crippen LogP contribution is 1.87. The van der Waals surface area contributed by atoms with Crippen LogP contribution in [0.1, 0.15) is 0 Å². The number of carbonyl (C=O) groups is 2. The van der Waals surface area contributed by atoms with E-state index in [2.05, 4.69) is 0 Å². The van der Waals surface area contributed by atoms with Crippen LogP contribution in [-0.2, 0) is 29.8 Å². The topological polar surface area (TPSA) is 235 Å². The van der Waals surface area contributed by atoms with E-state index in [0.29, 0.717) is 0 Å². The number of nitrogens with two attached hydrogens (primary N) is 2. The average Bonchev–Trinajstić information content (AvgIpc) is 2.12. The van der Waals surface area contributed by atoms with E-state index in [1.54, 1.807) is 0 Å². The number of carboxylic acids is 2. The molecule has 0 aromatic heterocycles. The lowest BCUT2D eigenvalue weighted by molar-refractivity contribution is -0.138. The first-order valence-electron chi connectivity index (χ1n) is 4.53. The summed E-state index contributed by atoms with van der Waals surface area (Å²) in [7, 11) is -8.55. The van der Waals surface area contributed by atoms with Crippen molar-refractivity contribution in [1.82, 2.24) is 0 Å². The molecule has 12 nitrogen and oxygen atoms in total. The molecule has 0 rings (SSSR count). The van der Waals surface area contributed by atoms with Crippen molar-refractivity contribution in [2.24, 2.45) is 11.5 Å². The second-order valence-corrected chi connectivity index (χ2v) is 6.38. The third kappa shape index (κ3) is 14.7. The lowest BCUT2D eigenvalue weighted by Crippen LogP contribution is -2.36. The zero-order valence-corrected chi connectivity index (χ0v) is 11.4. The van der Waals surface area contributed by atoms with Gasteiger partial charge in [0, 0.05) is 0 Å². The molecule has 0 saturated heterocycles. The van der Waals surface area contributed by atoms with Crippen LogP contribution in [-0.4, -0.2) is 71.7 Å². The molecule has 0 heterocycles. The standard InChI is InChI=1S/2C3H7NO5S/c2*4-2(3(5)6)1-10(7,8)9/h2*2H,1,4H2,(H,5,6)(H,7,8,9)/t2*2-/m00/s1. The first-order valence-corrected chi connectivity index (χ1v) is 7.74. The Bertz CT molecular complexity index is 488. The lowest BCUT2D eigenvalue weighted by atomic mass is 10.4. The van der Waals surface area contributed by atoms with Crippen molar-refractivity contribution in [2.45, 2.75) is 12.1 Å². The van der Waals surface area contributed by atoms with E-state index in [9.17, 15) is 26.4 Å². The minimum atomic E-state index is -4.27. The van der Waals surface area contributed by atoms with Crippen LogP contribution < -0.4 is 11.5 Å². The van der Waals surface area contributed by atoms with Crippen LogP contribution >= 0.6 is 0 Å². The van der Waals surface area contributed by atoms with Gasteiger partial charge in [-0.05, 0) is 0 Å². The Kier molecular flexibility index (Phi) is 8.47. The second kappa shape index (κ2) is 8.08. The Morgan fingerprint density at radius 2 is 1.00 bits per heavy atom. The van der Waals surface area contributed by atoms with Gasteiger partial charge >= 0.3 is 11.9 Å². The van der Waals surface area contributed by atoms with Gasteiger partial charge in [-0.3, -0.25) is 18.7 Å². The number of hydrogen-bond donors (Lipinski definition) is 6. The van der Waals surface area contributed by atoms with Gasteiger partial charge in [-0.25, -0.2) is 0 Å². The summed E-state index contributed by atoms with van der Waals surface area (Å²) in [5.41, 5.74) is 9.53. The summed E-state index contributed by atoms with van der Waals surface area (Å²) in [6.45, 7) is 0. The molecule has 0 unspecified atom stereocenters. The van der Waals surface area contributed by atoms with Crippen molar-refractivity contribution < 1.29 is 45.7 Å². The molecule has 0 aliphatic rings. The molecule has 0 saturated carbocycles. The maximum absolute atomic E-state index is 9.96. The van der Waals surface area contributed by atoms with Gasteiger partial charge in [0.05, 0.1) is 0 Å². The maximum atomic E-state index is 9.96. The van der Waals surface area contributed by atoms with Crippen molar-refractivity contribution in [3.63, 3.8) is 0 Å². The molecule has 0 aliphatic heterocycles. The van der Waals surface area contributed by atoms with E-state index in [-0.39, 0.29) is 0 Å². The van der Waals surface area contributed by atoms with Gasteiger partial charge < -0.3 is 21.7 Å². The summed E-state index contributed by atoms with van der Waals surface area (Å²) in [4.78, 5) is 19.8. The molecular formula is C6H14N2O10S2. The zero-order chi connectivity index (χ0) is 16.7. The highest BCUT2D eigenvalue weighted by atomic mass is 32.2. The van der Waals surface area contributed by atoms with Crippen molar-refractivity contribution in [3.8, 4) is 0 Å². The summed E-state index contributed by atoms with van der Waals surface area (Å²) in [5, 5.41) is 16.1. The van der Waals surface area contributed by atoms with Crippen molar-refractivity contribution in [3.05, 3.63) is 0 Å². The molecular weight excluding hydrogens is 324 g/mol. The van der Waals surface area contributed by atoms with Gasteiger partial charge in [0.15, 0.2) is 0 Å². The Morgan fingerprint density at radius 3 is 1.05 bits per heavy atom.